The first-order valence-electron chi connectivity index (χ1n) is 12.6. The van der Waals surface area contributed by atoms with Crippen molar-refractivity contribution >= 4 is 49.9 Å². The SMILES string of the molecule is C=CCn1c(=O)c2cnc(Nc3ccc(N4CCN(C(=O)O)CC4)cc3)nc2n1-c1cccc(N=S(C)(C)=O)c1. The molecule has 40 heavy (non-hydrogen) atoms. The Morgan fingerprint density at radius 1 is 1.12 bits per heavy atom. The van der Waals surface area contributed by atoms with Crippen molar-refractivity contribution < 1.29 is 14.1 Å². The molecule has 2 N–H and O–H groups in total. The van der Waals surface area contributed by atoms with Crippen molar-refractivity contribution in [2.75, 3.05) is 48.9 Å². The fraction of sp³-hybridized carbons (Fsp3) is 0.259. The number of allylic oxidation sites excluding steroid dienone is 1. The molecule has 1 saturated heterocycles. The molecule has 0 atom stereocenters. The second-order valence-electron chi connectivity index (χ2n) is 9.64. The van der Waals surface area contributed by atoms with Gasteiger partial charge in [-0.3, -0.25) is 4.79 Å². The molecule has 2 aromatic heterocycles. The molecule has 1 amide bonds. The molecule has 0 aliphatic carbocycles. The average Bonchev–Trinajstić information content (AvgIpc) is 3.19. The smallest absolute Gasteiger partial charge is 0.407 e. The number of nitrogens with zero attached hydrogens (tertiary/aromatic N) is 7. The molecular weight excluding hydrogens is 532 g/mol. The third-order valence-electron chi connectivity index (χ3n) is 6.42. The maximum Gasteiger partial charge on any atom is 0.407 e. The summed E-state index contributed by atoms with van der Waals surface area (Å²) in [6, 6.07) is 14.9. The van der Waals surface area contributed by atoms with Gasteiger partial charge in [0.2, 0.25) is 5.95 Å². The highest BCUT2D eigenvalue weighted by atomic mass is 32.2. The first-order valence-corrected chi connectivity index (χ1v) is 14.9. The summed E-state index contributed by atoms with van der Waals surface area (Å²) in [5.41, 5.74) is 3.07. The number of rotatable bonds is 7. The van der Waals surface area contributed by atoms with Crippen LogP contribution < -0.4 is 15.8 Å². The standard InChI is InChI=1S/C27H30N8O4S/c1-4-12-34-25(36)23-18-28-26(30-24(23)35(34)22-7-5-6-20(17-22)31-40(2,3)39)29-19-8-10-21(11-9-19)32-13-15-33(16-14-32)27(37)38/h4-11,17-18H,1,12-16H2,2-3H3,(H,37,38)(H,28,29,30). The monoisotopic (exact) mass is 562 g/mol. The second kappa shape index (κ2) is 10.8. The van der Waals surface area contributed by atoms with Gasteiger partial charge < -0.3 is 20.2 Å². The van der Waals surface area contributed by atoms with Crippen LogP contribution in [0, 0.1) is 0 Å². The van der Waals surface area contributed by atoms with Crippen LogP contribution in [0.15, 0.2) is 76.5 Å². The molecule has 2 aromatic carbocycles. The maximum absolute atomic E-state index is 13.2. The van der Waals surface area contributed by atoms with Gasteiger partial charge in [0.1, 0.15) is 5.39 Å². The van der Waals surface area contributed by atoms with E-state index in [1.807, 2.05) is 30.3 Å². The fourth-order valence-electron chi connectivity index (χ4n) is 4.61. The van der Waals surface area contributed by atoms with Gasteiger partial charge in [-0.15, -0.1) is 6.58 Å². The molecule has 0 bridgehead atoms. The van der Waals surface area contributed by atoms with E-state index in [4.69, 9.17) is 5.11 Å². The zero-order valence-electron chi connectivity index (χ0n) is 22.2. The van der Waals surface area contributed by atoms with Crippen LogP contribution in [-0.2, 0) is 16.3 Å². The van der Waals surface area contributed by atoms with E-state index in [0.717, 1.165) is 11.4 Å². The summed E-state index contributed by atoms with van der Waals surface area (Å²) in [5, 5.41) is 12.7. The molecule has 0 radical (unpaired) electrons. The summed E-state index contributed by atoms with van der Waals surface area (Å²) in [6.07, 6.45) is 5.37. The predicted octanol–water partition coefficient (Wildman–Crippen LogP) is 3.67. The van der Waals surface area contributed by atoms with Crippen molar-refractivity contribution in [3.8, 4) is 5.69 Å². The summed E-state index contributed by atoms with van der Waals surface area (Å²) in [6.45, 7) is 6.21. The number of benzene rings is 2. The minimum absolute atomic E-state index is 0.250. The van der Waals surface area contributed by atoms with Crippen LogP contribution in [0.2, 0.25) is 0 Å². The molecule has 5 rings (SSSR count). The molecule has 0 saturated carbocycles. The molecular formula is C27H30N8O4S. The number of amides is 1. The fourth-order valence-corrected chi connectivity index (χ4v) is 5.24. The summed E-state index contributed by atoms with van der Waals surface area (Å²) >= 11 is 0. The zero-order chi connectivity index (χ0) is 28.4. The molecule has 1 fully saturated rings. The largest absolute Gasteiger partial charge is 0.465 e. The normalized spacial score (nSPS) is 13.8. The predicted molar refractivity (Wildman–Crippen MR) is 157 cm³/mol. The van der Waals surface area contributed by atoms with Gasteiger partial charge in [0.15, 0.2) is 5.65 Å². The van der Waals surface area contributed by atoms with Crippen LogP contribution in [0.5, 0.6) is 0 Å². The molecule has 1 aliphatic rings. The molecule has 3 heterocycles. The zero-order valence-corrected chi connectivity index (χ0v) is 23.0. The average molecular weight is 563 g/mol. The van der Waals surface area contributed by atoms with Crippen LogP contribution in [0.1, 0.15) is 0 Å². The van der Waals surface area contributed by atoms with Gasteiger partial charge in [0.05, 0.1) is 17.9 Å². The first kappa shape index (κ1) is 26.9. The maximum atomic E-state index is 13.2. The van der Waals surface area contributed by atoms with Gasteiger partial charge >= 0.3 is 6.09 Å². The summed E-state index contributed by atoms with van der Waals surface area (Å²) in [5.74, 6) is 0.311. The van der Waals surface area contributed by atoms with E-state index in [0.29, 0.717) is 54.5 Å². The topological polar surface area (TPSA) is 138 Å². The summed E-state index contributed by atoms with van der Waals surface area (Å²) in [7, 11) is -2.37. The Morgan fingerprint density at radius 2 is 1.85 bits per heavy atom. The lowest BCUT2D eigenvalue weighted by atomic mass is 10.2. The van der Waals surface area contributed by atoms with Gasteiger partial charge in [-0.25, -0.2) is 23.4 Å². The molecule has 12 nitrogen and oxygen atoms in total. The van der Waals surface area contributed by atoms with Crippen LogP contribution >= 0.6 is 0 Å². The van der Waals surface area contributed by atoms with Crippen molar-refractivity contribution in [1.82, 2.24) is 24.2 Å². The number of fused-ring (bicyclic) bond motifs is 1. The minimum atomic E-state index is -2.37. The number of carbonyl (C=O) groups is 1. The number of nitrogens with one attached hydrogen (secondary N) is 1. The van der Waals surface area contributed by atoms with Crippen molar-refractivity contribution in [3.05, 3.63) is 77.7 Å². The molecule has 13 heteroatoms. The van der Waals surface area contributed by atoms with Crippen LogP contribution in [0.4, 0.5) is 27.8 Å². The van der Waals surface area contributed by atoms with E-state index in [1.54, 1.807) is 41.5 Å². The Balaban J connectivity index is 1.46. The van der Waals surface area contributed by atoms with Crippen LogP contribution in [0.3, 0.4) is 0 Å². The number of carboxylic acid groups (broad SMARTS) is 1. The second-order valence-corrected chi connectivity index (χ2v) is 12.2. The summed E-state index contributed by atoms with van der Waals surface area (Å²) in [4.78, 5) is 37.0. The minimum Gasteiger partial charge on any atom is -0.465 e. The van der Waals surface area contributed by atoms with Gasteiger partial charge in [-0.2, -0.15) is 9.35 Å². The molecule has 0 unspecified atom stereocenters. The Morgan fingerprint density at radius 3 is 2.50 bits per heavy atom. The van der Waals surface area contributed by atoms with E-state index in [1.165, 1.54) is 15.8 Å². The number of hydrogen-bond donors (Lipinski definition) is 2. The number of hydrogen-bond acceptors (Lipinski definition) is 8. The highest BCUT2D eigenvalue weighted by Crippen LogP contribution is 2.24. The Labute approximate surface area is 231 Å². The van der Waals surface area contributed by atoms with E-state index in [9.17, 15) is 13.8 Å². The third kappa shape index (κ3) is 5.69. The Hall–Kier alpha value is -4.65. The number of piperazine rings is 1. The first-order chi connectivity index (χ1) is 19.1. The molecule has 1 aliphatic heterocycles. The lowest BCUT2D eigenvalue weighted by Gasteiger charge is -2.34. The number of anilines is 3. The highest BCUT2D eigenvalue weighted by Gasteiger charge is 2.21. The lowest BCUT2D eigenvalue weighted by Crippen LogP contribution is -2.48. The quantitative estimate of drug-likeness (QED) is 0.326. The molecule has 208 valence electrons. The Kier molecular flexibility index (Phi) is 7.30. The lowest BCUT2D eigenvalue weighted by molar-refractivity contribution is 0.142. The number of aromatic nitrogens is 4. The highest BCUT2D eigenvalue weighted by molar-refractivity contribution is 7.92. The van der Waals surface area contributed by atoms with E-state index >= 15 is 0 Å². The molecule has 0 spiro atoms. The van der Waals surface area contributed by atoms with Crippen LogP contribution in [0.25, 0.3) is 16.7 Å². The van der Waals surface area contributed by atoms with E-state index < -0.39 is 15.8 Å². The third-order valence-corrected chi connectivity index (χ3v) is 7.07. The van der Waals surface area contributed by atoms with Crippen molar-refractivity contribution in [2.45, 2.75) is 6.54 Å². The van der Waals surface area contributed by atoms with Gasteiger partial charge in [-0.1, -0.05) is 12.1 Å². The Bertz CT molecular complexity index is 1750. The van der Waals surface area contributed by atoms with Crippen molar-refractivity contribution in [2.24, 2.45) is 4.36 Å². The van der Waals surface area contributed by atoms with Gasteiger partial charge in [0, 0.05) is 66.0 Å². The molecule has 4 aromatic rings. The van der Waals surface area contributed by atoms with Crippen LogP contribution in [-0.4, -0.2) is 78.3 Å². The van der Waals surface area contributed by atoms with Gasteiger partial charge in [0.25, 0.3) is 5.56 Å². The van der Waals surface area contributed by atoms with Crippen molar-refractivity contribution in [1.29, 1.82) is 0 Å². The van der Waals surface area contributed by atoms with E-state index in [2.05, 4.69) is 31.1 Å². The summed E-state index contributed by atoms with van der Waals surface area (Å²) < 4.78 is 19.8. The van der Waals surface area contributed by atoms with E-state index in [-0.39, 0.29) is 12.1 Å². The van der Waals surface area contributed by atoms with Crippen molar-refractivity contribution in [3.63, 3.8) is 0 Å². The van der Waals surface area contributed by atoms with Gasteiger partial charge in [-0.05, 0) is 42.5 Å².